The first-order chi connectivity index (χ1) is 13.0. The minimum Gasteiger partial charge on any atom is -0.486 e. The lowest BCUT2D eigenvalue weighted by molar-refractivity contribution is 0.171. The van der Waals surface area contributed by atoms with Gasteiger partial charge in [-0.05, 0) is 36.8 Å². The van der Waals surface area contributed by atoms with E-state index in [1.54, 1.807) is 18.6 Å². The quantitative estimate of drug-likeness (QED) is 0.730. The van der Waals surface area contributed by atoms with Crippen molar-refractivity contribution < 1.29 is 17.9 Å². The zero-order chi connectivity index (χ0) is 18.9. The molecule has 1 aliphatic rings. The summed E-state index contributed by atoms with van der Waals surface area (Å²) < 4.78 is 41.0. The van der Waals surface area contributed by atoms with Crippen LogP contribution in [0.4, 0.5) is 0 Å². The van der Waals surface area contributed by atoms with Crippen LogP contribution >= 0.6 is 0 Å². The van der Waals surface area contributed by atoms with Crippen LogP contribution in [0.15, 0.2) is 66.1 Å². The van der Waals surface area contributed by atoms with Crippen molar-refractivity contribution in [2.24, 2.45) is 0 Å². The molecule has 0 unspecified atom stereocenters. The topological polar surface area (TPSA) is 82.5 Å². The number of ether oxygens (including phenoxy) is 2. The Bertz CT molecular complexity index is 1030. The summed E-state index contributed by atoms with van der Waals surface area (Å²) in [4.78, 5) is 4.17. The minimum atomic E-state index is -3.70. The second-order valence-electron chi connectivity index (χ2n) is 6.21. The van der Waals surface area contributed by atoms with Crippen molar-refractivity contribution in [1.82, 2.24) is 14.3 Å². The van der Waals surface area contributed by atoms with Gasteiger partial charge < -0.3 is 14.0 Å². The molecule has 0 aliphatic carbocycles. The molecule has 8 heteroatoms. The number of hydrogen-bond donors (Lipinski definition) is 1. The van der Waals surface area contributed by atoms with Crippen molar-refractivity contribution in [3.05, 3.63) is 66.7 Å². The SMILES string of the molecule is C[C@@H](NS(=O)(=O)c1ccc2c(c1)OCCO2)c1ccc(-n2ccnc2)cc1. The van der Waals surface area contributed by atoms with Gasteiger partial charge in [-0.1, -0.05) is 12.1 Å². The van der Waals surface area contributed by atoms with Crippen LogP contribution in [0.2, 0.25) is 0 Å². The molecule has 1 atom stereocenters. The van der Waals surface area contributed by atoms with E-state index in [4.69, 9.17) is 9.47 Å². The molecule has 0 saturated heterocycles. The first-order valence-electron chi connectivity index (χ1n) is 8.53. The Balaban J connectivity index is 1.52. The fourth-order valence-corrected chi connectivity index (χ4v) is 4.15. The zero-order valence-electron chi connectivity index (χ0n) is 14.7. The molecule has 7 nitrogen and oxygen atoms in total. The Hall–Kier alpha value is -2.84. The average molecular weight is 385 g/mol. The van der Waals surface area contributed by atoms with Gasteiger partial charge in [0, 0.05) is 30.2 Å². The first-order valence-corrected chi connectivity index (χ1v) is 10.0. The van der Waals surface area contributed by atoms with Crippen molar-refractivity contribution in [1.29, 1.82) is 0 Å². The summed E-state index contributed by atoms with van der Waals surface area (Å²) in [5, 5.41) is 0. The molecular weight excluding hydrogens is 366 g/mol. The van der Waals surface area contributed by atoms with Crippen molar-refractivity contribution in [3.8, 4) is 17.2 Å². The van der Waals surface area contributed by atoms with Crippen molar-refractivity contribution in [3.63, 3.8) is 0 Å². The van der Waals surface area contributed by atoms with E-state index in [1.165, 1.54) is 12.1 Å². The van der Waals surface area contributed by atoms with Crippen LogP contribution in [-0.4, -0.2) is 31.2 Å². The van der Waals surface area contributed by atoms with Gasteiger partial charge in [0.1, 0.15) is 13.2 Å². The highest BCUT2D eigenvalue weighted by atomic mass is 32.2. The lowest BCUT2D eigenvalue weighted by atomic mass is 10.1. The summed E-state index contributed by atoms with van der Waals surface area (Å²) in [5.41, 5.74) is 1.82. The van der Waals surface area contributed by atoms with E-state index in [2.05, 4.69) is 9.71 Å². The Kier molecular flexibility index (Phi) is 4.59. The normalized spacial score (nSPS) is 14.7. The molecule has 0 saturated carbocycles. The van der Waals surface area contributed by atoms with E-state index in [9.17, 15) is 8.42 Å². The molecule has 140 valence electrons. The maximum atomic E-state index is 12.7. The van der Waals surface area contributed by atoms with Gasteiger partial charge in [-0.2, -0.15) is 0 Å². The summed E-state index contributed by atoms with van der Waals surface area (Å²) in [6.45, 7) is 2.68. The number of imidazole rings is 1. The first kappa shape index (κ1) is 17.6. The highest BCUT2D eigenvalue weighted by molar-refractivity contribution is 7.89. The number of sulfonamides is 1. The number of nitrogens with zero attached hydrogens (tertiary/aromatic N) is 2. The van der Waals surface area contributed by atoms with Crippen LogP contribution < -0.4 is 14.2 Å². The smallest absolute Gasteiger partial charge is 0.241 e. The lowest BCUT2D eigenvalue weighted by Gasteiger charge is -2.20. The molecule has 2 heterocycles. The van der Waals surface area contributed by atoms with E-state index in [0.717, 1.165) is 11.3 Å². The standard InChI is InChI=1S/C19H19N3O4S/c1-14(15-2-4-16(5-3-15)22-9-8-20-13-22)21-27(23,24)17-6-7-18-19(12-17)26-11-10-25-18/h2-9,12-14,21H,10-11H2,1H3/t14-/m1/s1. The summed E-state index contributed by atoms with van der Waals surface area (Å²) in [6, 6.07) is 11.9. The number of aromatic nitrogens is 2. The number of hydrogen-bond acceptors (Lipinski definition) is 5. The van der Waals surface area contributed by atoms with Gasteiger partial charge in [0.15, 0.2) is 11.5 Å². The monoisotopic (exact) mass is 385 g/mol. The fourth-order valence-electron chi connectivity index (χ4n) is 2.91. The van der Waals surface area contributed by atoms with Crippen LogP contribution in [0.1, 0.15) is 18.5 Å². The third kappa shape index (κ3) is 3.67. The Morgan fingerprint density at radius 2 is 1.81 bits per heavy atom. The van der Waals surface area contributed by atoms with E-state index in [-0.39, 0.29) is 10.9 Å². The molecule has 2 aromatic carbocycles. The Labute approximate surface area is 157 Å². The molecule has 1 aliphatic heterocycles. The summed E-state index contributed by atoms with van der Waals surface area (Å²) in [5.74, 6) is 1.00. The summed E-state index contributed by atoms with van der Waals surface area (Å²) in [6.07, 6.45) is 5.27. The molecule has 0 bridgehead atoms. The fraction of sp³-hybridized carbons (Fsp3) is 0.211. The molecule has 3 aromatic rings. The number of fused-ring (bicyclic) bond motifs is 1. The van der Waals surface area contributed by atoms with E-state index in [0.29, 0.717) is 24.7 Å². The molecule has 1 N–H and O–H groups in total. The number of benzene rings is 2. The van der Waals surface area contributed by atoms with Crippen molar-refractivity contribution in [2.75, 3.05) is 13.2 Å². The van der Waals surface area contributed by atoms with Crippen LogP contribution in [0, 0.1) is 0 Å². The second-order valence-corrected chi connectivity index (χ2v) is 7.92. The number of nitrogens with one attached hydrogen (secondary N) is 1. The highest BCUT2D eigenvalue weighted by Gasteiger charge is 2.21. The van der Waals surface area contributed by atoms with Gasteiger partial charge in [-0.15, -0.1) is 0 Å². The van der Waals surface area contributed by atoms with Gasteiger partial charge in [0.05, 0.1) is 11.2 Å². The number of rotatable bonds is 5. The predicted molar refractivity (Wildman–Crippen MR) is 99.7 cm³/mol. The molecule has 0 spiro atoms. The molecule has 0 amide bonds. The maximum Gasteiger partial charge on any atom is 0.241 e. The predicted octanol–water partition coefficient (Wildman–Crippen LogP) is 2.68. The van der Waals surface area contributed by atoms with Crippen LogP contribution in [-0.2, 0) is 10.0 Å². The van der Waals surface area contributed by atoms with Crippen LogP contribution in [0.25, 0.3) is 5.69 Å². The maximum absolute atomic E-state index is 12.7. The van der Waals surface area contributed by atoms with Crippen molar-refractivity contribution >= 4 is 10.0 Å². The lowest BCUT2D eigenvalue weighted by Crippen LogP contribution is -2.27. The third-order valence-electron chi connectivity index (χ3n) is 4.35. The molecule has 1 aromatic heterocycles. The van der Waals surface area contributed by atoms with Gasteiger partial charge in [-0.25, -0.2) is 18.1 Å². The molecule has 27 heavy (non-hydrogen) atoms. The zero-order valence-corrected chi connectivity index (χ0v) is 15.5. The average Bonchev–Trinajstić information content (AvgIpc) is 3.22. The summed E-state index contributed by atoms with van der Waals surface area (Å²) >= 11 is 0. The third-order valence-corrected chi connectivity index (χ3v) is 5.89. The van der Waals surface area contributed by atoms with Gasteiger partial charge >= 0.3 is 0 Å². The van der Waals surface area contributed by atoms with Crippen LogP contribution in [0.5, 0.6) is 11.5 Å². The highest BCUT2D eigenvalue weighted by Crippen LogP contribution is 2.32. The van der Waals surface area contributed by atoms with E-state index < -0.39 is 10.0 Å². The van der Waals surface area contributed by atoms with Gasteiger partial charge in [-0.3, -0.25) is 0 Å². The second kappa shape index (κ2) is 7.05. The minimum absolute atomic E-state index is 0.147. The summed E-state index contributed by atoms with van der Waals surface area (Å²) in [7, 11) is -3.70. The Morgan fingerprint density at radius 3 is 2.52 bits per heavy atom. The molecular formula is C19H19N3O4S. The van der Waals surface area contributed by atoms with E-state index in [1.807, 2.05) is 42.0 Å². The Morgan fingerprint density at radius 1 is 1.07 bits per heavy atom. The molecule has 0 radical (unpaired) electrons. The van der Waals surface area contributed by atoms with E-state index >= 15 is 0 Å². The molecule has 4 rings (SSSR count). The van der Waals surface area contributed by atoms with Gasteiger partial charge in [0.25, 0.3) is 0 Å². The van der Waals surface area contributed by atoms with Gasteiger partial charge in [0.2, 0.25) is 10.0 Å². The largest absolute Gasteiger partial charge is 0.486 e. The van der Waals surface area contributed by atoms with Crippen molar-refractivity contribution in [2.45, 2.75) is 17.9 Å². The van der Waals surface area contributed by atoms with Crippen LogP contribution in [0.3, 0.4) is 0 Å². The molecule has 0 fully saturated rings.